The summed E-state index contributed by atoms with van der Waals surface area (Å²) >= 11 is 0. The van der Waals surface area contributed by atoms with Crippen molar-refractivity contribution >= 4 is 12.1 Å². The van der Waals surface area contributed by atoms with E-state index in [1.807, 2.05) is 33.8 Å². The van der Waals surface area contributed by atoms with Crippen LogP contribution in [0.5, 0.6) is 0 Å². The van der Waals surface area contributed by atoms with Crippen LogP contribution in [0.1, 0.15) is 38.8 Å². The van der Waals surface area contributed by atoms with Crippen LogP contribution < -0.4 is 5.32 Å². The number of hydrogen-bond acceptors (Lipinski definition) is 3. The Labute approximate surface area is 189 Å². The highest BCUT2D eigenvalue weighted by Crippen LogP contribution is 2.23. The van der Waals surface area contributed by atoms with E-state index in [1.165, 1.54) is 17.0 Å². The monoisotopic (exact) mass is 441 g/mol. The quantitative estimate of drug-likeness (QED) is 0.610. The first kappa shape index (κ1) is 24.9. The van der Waals surface area contributed by atoms with Crippen LogP contribution in [0.25, 0.3) is 0 Å². The third-order valence-corrected chi connectivity index (χ3v) is 4.81. The summed E-state index contributed by atoms with van der Waals surface area (Å²) < 4.78 is 18.7. The molecule has 1 N–H and O–H groups in total. The number of carbonyl (C=O) groups is 2. The molecule has 0 saturated heterocycles. The van der Waals surface area contributed by atoms with Gasteiger partial charge >= 0.3 is 12.1 Å². The number of halogens is 1. The smallest absolute Gasteiger partial charge is 0.410 e. The lowest BCUT2D eigenvalue weighted by atomic mass is 10.1. The standard InChI is InChI=1S/C25H32FN3O3/c1-17(18(2)12-13-28(7)24(31)32-25(4,5)6)8-9-19(3)27-23(30)29-15-20-10-11-22(26)14-21(20)16-29/h8-12,14H,1,3,13,15-16H2,2,4-7H3,(H,27,30)/b9-8-,18-12+. The van der Waals surface area contributed by atoms with Crippen molar-refractivity contribution < 1.29 is 18.7 Å². The Balaban J connectivity index is 1.83. The van der Waals surface area contributed by atoms with E-state index < -0.39 is 11.7 Å². The van der Waals surface area contributed by atoms with E-state index in [4.69, 9.17) is 4.74 Å². The maximum Gasteiger partial charge on any atom is 0.410 e. The second-order valence-electron chi connectivity index (χ2n) is 8.83. The molecule has 1 aromatic carbocycles. The van der Waals surface area contributed by atoms with Crippen LogP contribution in [0.2, 0.25) is 0 Å². The summed E-state index contributed by atoms with van der Waals surface area (Å²) in [5.41, 5.74) is 3.22. The summed E-state index contributed by atoms with van der Waals surface area (Å²) in [4.78, 5) is 27.6. The lowest BCUT2D eigenvalue weighted by Gasteiger charge is -2.24. The first-order valence-electron chi connectivity index (χ1n) is 10.4. The minimum Gasteiger partial charge on any atom is -0.444 e. The van der Waals surface area contributed by atoms with Crippen molar-refractivity contribution in [2.75, 3.05) is 13.6 Å². The molecular weight excluding hydrogens is 409 g/mol. The molecule has 0 unspecified atom stereocenters. The minimum atomic E-state index is -0.546. The van der Waals surface area contributed by atoms with Gasteiger partial charge < -0.3 is 19.9 Å². The van der Waals surface area contributed by atoms with Gasteiger partial charge in [-0.3, -0.25) is 0 Å². The van der Waals surface area contributed by atoms with Gasteiger partial charge in [0.15, 0.2) is 0 Å². The molecule has 2 rings (SSSR count). The van der Waals surface area contributed by atoms with Crippen molar-refractivity contribution in [3.8, 4) is 0 Å². The predicted octanol–water partition coefficient (Wildman–Crippen LogP) is 5.29. The number of likely N-dealkylation sites (N-methyl/N-ethyl adjacent to an activating group) is 1. The zero-order valence-electron chi connectivity index (χ0n) is 19.5. The summed E-state index contributed by atoms with van der Waals surface area (Å²) in [6.07, 6.45) is 4.89. The number of nitrogens with one attached hydrogen (secondary N) is 1. The zero-order chi connectivity index (χ0) is 24.1. The highest BCUT2D eigenvalue weighted by Gasteiger charge is 2.23. The predicted molar refractivity (Wildman–Crippen MR) is 124 cm³/mol. The Morgan fingerprint density at radius 2 is 1.88 bits per heavy atom. The Kier molecular flexibility index (Phi) is 8.02. The molecule has 7 heteroatoms. The molecular formula is C25H32FN3O3. The van der Waals surface area contributed by atoms with Gasteiger partial charge in [0.1, 0.15) is 11.4 Å². The number of urea groups is 1. The number of benzene rings is 1. The van der Waals surface area contributed by atoms with Crippen molar-refractivity contribution in [3.05, 3.63) is 83.4 Å². The number of amides is 3. The molecule has 0 radical (unpaired) electrons. The third-order valence-electron chi connectivity index (χ3n) is 4.81. The number of carbonyl (C=O) groups excluding carboxylic acids is 2. The number of allylic oxidation sites excluding steroid dienone is 4. The van der Waals surface area contributed by atoms with Gasteiger partial charge in [0.05, 0.1) is 0 Å². The molecule has 6 nitrogen and oxygen atoms in total. The van der Waals surface area contributed by atoms with Crippen LogP contribution in [-0.2, 0) is 17.8 Å². The molecule has 32 heavy (non-hydrogen) atoms. The van der Waals surface area contributed by atoms with E-state index in [0.717, 1.165) is 22.3 Å². The number of ether oxygens (including phenoxy) is 1. The highest BCUT2D eigenvalue weighted by atomic mass is 19.1. The molecule has 1 aliphatic heterocycles. The van der Waals surface area contributed by atoms with Gasteiger partial charge in [-0.2, -0.15) is 0 Å². The van der Waals surface area contributed by atoms with Crippen LogP contribution in [0.4, 0.5) is 14.0 Å². The Morgan fingerprint density at radius 3 is 2.53 bits per heavy atom. The topological polar surface area (TPSA) is 61.9 Å². The lowest BCUT2D eigenvalue weighted by Crippen LogP contribution is -2.35. The van der Waals surface area contributed by atoms with Crippen LogP contribution in [0.3, 0.4) is 0 Å². The maximum atomic E-state index is 13.4. The van der Waals surface area contributed by atoms with Crippen molar-refractivity contribution in [3.63, 3.8) is 0 Å². The van der Waals surface area contributed by atoms with E-state index in [0.29, 0.717) is 25.3 Å². The van der Waals surface area contributed by atoms with E-state index in [2.05, 4.69) is 18.5 Å². The van der Waals surface area contributed by atoms with Gasteiger partial charge in [-0.1, -0.05) is 31.4 Å². The number of nitrogens with zero attached hydrogens (tertiary/aromatic N) is 2. The van der Waals surface area contributed by atoms with Gasteiger partial charge in [0.2, 0.25) is 0 Å². The van der Waals surface area contributed by atoms with Crippen molar-refractivity contribution in [2.45, 2.75) is 46.4 Å². The summed E-state index contributed by atoms with van der Waals surface area (Å²) in [5.74, 6) is -0.308. The number of hydrogen-bond donors (Lipinski definition) is 1. The fraction of sp³-hybridized carbons (Fsp3) is 0.360. The van der Waals surface area contributed by atoms with Crippen molar-refractivity contribution in [1.29, 1.82) is 0 Å². The first-order valence-corrected chi connectivity index (χ1v) is 10.4. The fourth-order valence-corrected chi connectivity index (χ4v) is 2.92. The molecule has 0 aromatic heterocycles. The third kappa shape index (κ3) is 7.41. The lowest BCUT2D eigenvalue weighted by molar-refractivity contribution is 0.0317. The molecule has 172 valence electrons. The van der Waals surface area contributed by atoms with E-state index in [1.54, 1.807) is 30.2 Å². The molecule has 0 spiro atoms. The van der Waals surface area contributed by atoms with Crippen LogP contribution in [0, 0.1) is 5.82 Å². The summed E-state index contributed by atoms with van der Waals surface area (Å²) in [5, 5.41) is 2.73. The minimum absolute atomic E-state index is 0.298. The molecule has 3 amide bonds. The summed E-state index contributed by atoms with van der Waals surface area (Å²) in [6, 6.07) is 4.25. The van der Waals surface area contributed by atoms with Crippen molar-refractivity contribution in [1.82, 2.24) is 15.1 Å². The van der Waals surface area contributed by atoms with Crippen molar-refractivity contribution in [2.24, 2.45) is 0 Å². The van der Waals surface area contributed by atoms with Gasteiger partial charge in [-0.05, 0) is 68.2 Å². The average Bonchev–Trinajstić information content (AvgIpc) is 3.11. The van der Waals surface area contributed by atoms with Gasteiger partial charge in [-0.15, -0.1) is 0 Å². The fourth-order valence-electron chi connectivity index (χ4n) is 2.92. The maximum absolute atomic E-state index is 13.4. The van der Waals surface area contributed by atoms with Crippen LogP contribution in [0.15, 0.2) is 66.4 Å². The first-order chi connectivity index (χ1) is 14.9. The number of rotatable bonds is 6. The largest absolute Gasteiger partial charge is 0.444 e. The average molecular weight is 442 g/mol. The van der Waals surface area contributed by atoms with E-state index in [9.17, 15) is 14.0 Å². The zero-order valence-corrected chi connectivity index (χ0v) is 19.5. The molecule has 1 heterocycles. The van der Waals surface area contributed by atoms with Gasteiger partial charge in [0, 0.05) is 32.4 Å². The summed E-state index contributed by atoms with van der Waals surface area (Å²) in [6.45, 7) is 16.4. The SMILES string of the molecule is C=C(/C=C\C(=C)/C(C)=C/CN(C)C(=O)OC(C)(C)C)NC(=O)N1Cc2ccc(F)cc2C1. The molecule has 1 aliphatic rings. The van der Waals surface area contributed by atoms with Gasteiger partial charge in [-0.25, -0.2) is 14.0 Å². The van der Waals surface area contributed by atoms with E-state index >= 15 is 0 Å². The van der Waals surface area contributed by atoms with E-state index in [-0.39, 0.29) is 11.8 Å². The van der Waals surface area contributed by atoms with Crippen LogP contribution >= 0.6 is 0 Å². The Morgan fingerprint density at radius 1 is 1.22 bits per heavy atom. The molecule has 0 saturated carbocycles. The summed E-state index contributed by atoms with van der Waals surface area (Å²) in [7, 11) is 1.67. The second-order valence-corrected chi connectivity index (χ2v) is 8.83. The Bertz CT molecular complexity index is 973. The second kappa shape index (κ2) is 10.3. The molecule has 0 atom stereocenters. The molecule has 1 aromatic rings. The number of fused-ring (bicyclic) bond motifs is 1. The molecule has 0 fully saturated rings. The molecule has 0 bridgehead atoms. The Hall–Kier alpha value is -3.35. The molecule has 0 aliphatic carbocycles. The highest BCUT2D eigenvalue weighted by molar-refractivity contribution is 5.77. The normalized spacial score (nSPS) is 13.7. The van der Waals surface area contributed by atoms with Gasteiger partial charge in [0.25, 0.3) is 0 Å². The van der Waals surface area contributed by atoms with Crippen LogP contribution in [-0.4, -0.2) is 41.1 Å².